The fraction of sp³-hybridized carbons (Fsp3) is 0.105. The number of rotatable bonds is 4. The molecule has 3 rings (SSSR count). The van der Waals surface area contributed by atoms with Gasteiger partial charge in [-0.1, -0.05) is 59.6 Å². The second-order valence-electron chi connectivity index (χ2n) is 5.46. The van der Waals surface area contributed by atoms with Crippen LogP contribution in [0.1, 0.15) is 27.7 Å². The van der Waals surface area contributed by atoms with Crippen molar-refractivity contribution in [3.05, 3.63) is 94.0 Å². The van der Waals surface area contributed by atoms with Crippen LogP contribution in [0.4, 0.5) is 0 Å². The maximum absolute atomic E-state index is 13.0. The number of hydrogen-bond acceptors (Lipinski definition) is 3. The summed E-state index contributed by atoms with van der Waals surface area (Å²) in [7, 11) is 1.72. The molecule has 0 radical (unpaired) electrons. The molecule has 0 saturated heterocycles. The van der Waals surface area contributed by atoms with E-state index in [1.807, 2.05) is 48.5 Å². The molecule has 0 N–H and O–H groups in total. The van der Waals surface area contributed by atoms with Crippen molar-refractivity contribution in [3.63, 3.8) is 0 Å². The van der Waals surface area contributed by atoms with E-state index in [4.69, 9.17) is 23.2 Å². The van der Waals surface area contributed by atoms with E-state index in [0.29, 0.717) is 5.56 Å². The van der Waals surface area contributed by atoms with Crippen LogP contribution in [0.15, 0.2) is 66.9 Å². The monoisotopic (exact) mass is 371 g/mol. The van der Waals surface area contributed by atoms with Crippen molar-refractivity contribution in [1.29, 1.82) is 0 Å². The van der Waals surface area contributed by atoms with Gasteiger partial charge in [0.2, 0.25) is 0 Å². The average Bonchev–Trinajstić information content (AvgIpc) is 2.63. The molecule has 2 aromatic heterocycles. The summed E-state index contributed by atoms with van der Waals surface area (Å²) in [5.41, 5.74) is 2.02. The van der Waals surface area contributed by atoms with Gasteiger partial charge < -0.3 is 4.90 Å². The van der Waals surface area contributed by atoms with Crippen LogP contribution < -0.4 is 0 Å². The van der Waals surface area contributed by atoms with Crippen LogP contribution in [-0.2, 0) is 0 Å². The normalized spacial score (nSPS) is 11.8. The Morgan fingerprint density at radius 2 is 1.72 bits per heavy atom. The summed E-state index contributed by atoms with van der Waals surface area (Å²) in [6, 6.07) is 18.1. The average molecular weight is 372 g/mol. The predicted molar refractivity (Wildman–Crippen MR) is 98.9 cm³/mol. The van der Waals surface area contributed by atoms with E-state index in [-0.39, 0.29) is 22.3 Å². The van der Waals surface area contributed by atoms with Gasteiger partial charge in [0.15, 0.2) is 0 Å². The minimum absolute atomic E-state index is 0.0807. The Hall–Kier alpha value is -2.43. The van der Waals surface area contributed by atoms with E-state index in [1.54, 1.807) is 30.3 Å². The lowest BCUT2D eigenvalue weighted by molar-refractivity contribution is 0.0752. The number of amides is 1. The number of carbonyl (C=O) groups is 1. The minimum atomic E-state index is -0.346. The molecule has 0 spiro atoms. The molecular formula is C19H15Cl2N3O. The van der Waals surface area contributed by atoms with E-state index in [0.717, 1.165) is 11.3 Å². The molecule has 25 heavy (non-hydrogen) atoms. The van der Waals surface area contributed by atoms with E-state index in [9.17, 15) is 4.79 Å². The number of hydrogen-bond donors (Lipinski definition) is 0. The third kappa shape index (κ3) is 3.81. The molecule has 2 heterocycles. The Morgan fingerprint density at radius 1 is 1.00 bits per heavy atom. The van der Waals surface area contributed by atoms with Gasteiger partial charge in [-0.2, -0.15) is 0 Å². The van der Waals surface area contributed by atoms with Crippen LogP contribution in [-0.4, -0.2) is 27.8 Å². The first-order valence-corrected chi connectivity index (χ1v) is 8.38. The standard InChI is InChI=1S/C19H15Cl2N3O/c1-24(19(25)14-10-11-16(20)23-18(14)21)17(13-7-3-2-4-8-13)15-9-5-6-12-22-15/h2-12,17H,1H3. The van der Waals surface area contributed by atoms with Gasteiger partial charge in [0.25, 0.3) is 5.91 Å². The quantitative estimate of drug-likeness (QED) is 0.627. The first-order valence-electron chi connectivity index (χ1n) is 7.63. The van der Waals surface area contributed by atoms with E-state index in [1.165, 1.54) is 0 Å². The highest BCUT2D eigenvalue weighted by atomic mass is 35.5. The van der Waals surface area contributed by atoms with Gasteiger partial charge in [-0.25, -0.2) is 4.98 Å². The smallest absolute Gasteiger partial charge is 0.257 e. The topological polar surface area (TPSA) is 46.1 Å². The van der Waals surface area contributed by atoms with Gasteiger partial charge in [0.05, 0.1) is 17.3 Å². The molecule has 0 fully saturated rings. The number of halogens is 2. The first kappa shape index (κ1) is 17.4. The molecule has 0 aliphatic carbocycles. The highest BCUT2D eigenvalue weighted by Gasteiger charge is 2.26. The molecule has 1 unspecified atom stereocenters. The Labute approximate surface area is 156 Å². The molecule has 3 aromatic rings. The van der Waals surface area contributed by atoms with Gasteiger partial charge in [-0.15, -0.1) is 0 Å². The molecule has 0 bridgehead atoms. The first-order chi connectivity index (χ1) is 12.1. The van der Waals surface area contributed by atoms with Gasteiger partial charge >= 0.3 is 0 Å². The second-order valence-corrected chi connectivity index (χ2v) is 6.20. The summed E-state index contributed by atoms with van der Waals surface area (Å²) >= 11 is 11.9. The zero-order valence-corrected chi connectivity index (χ0v) is 14.9. The SMILES string of the molecule is CN(C(=O)c1ccc(Cl)nc1Cl)C(c1ccccc1)c1ccccn1. The molecule has 0 aliphatic heterocycles. The summed E-state index contributed by atoms with van der Waals surface area (Å²) in [4.78, 5) is 23.0. The highest BCUT2D eigenvalue weighted by Crippen LogP contribution is 2.28. The van der Waals surface area contributed by atoms with Crippen molar-refractivity contribution >= 4 is 29.1 Å². The third-order valence-electron chi connectivity index (χ3n) is 3.84. The van der Waals surface area contributed by atoms with Crippen LogP contribution >= 0.6 is 23.2 Å². The molecule has 126 valence electrons. The van der Waals surface area contributed by atoms with E-state index in [2.05, 4.69) is 9.97 Å². The van der Waals surface area contributed by atoms with Crippen molar-refractivity contribution in [1.82, 2.24) is 14.9 Å². The van der Waals surface area contributed by atoms with Crippen LogP contribution in [0.2, 0.25) is 10.3 Å². The summed E-state index contributed by atoms with van der Waals surface area (Å²) in [6.45, 7) is 0. The largest absolute Gasteiger partial charge is 0.329 e. The number of nitrogens with zero attached hydrogens (tertiary/aromatic N) is 3. The van der Waals surface area contributed by atoms with Crippen LogP contribution in [0, 0.1) is 0 Å². The fourth-order valence-corrected chi connectivity index (χ4v) is 3.07. The summed E-state index contributed by atoms with van der Waals surface area (Å²) in [5.74, 6) is -0.256. The molecule has 1 aromatic carbocycles. The number of pyridine rings is 2. The van der Waals surface area contributed by atoms with Crippen molar-refractivity contribution < 1.29 is 4.79 Å². The van der Waals surface area contributed by atoms with Crippen molar-refractivity contribution in [2.24, 2.45) is 0 Å². The summed E-state index contributed by atoms with van der Waals surface area (Å²) in [6.07, 6.45) is 1.71. The lowest BCUT2D eigenvalue weighted by atomic mass is 10.0. The molecule has 6 heteroatoms. The maximum Gasteiger partial charge on any atom is 0.257 e. The molecule has 1 atom stereocenters. The Balaban J connectivity index is 2.02. The zero-order chi connectivity index (χ0) is 17.8. The maximum atomic E-state index is 13.0. The second kappa shape index (κ2) is 7.64. The Bertz CT molecular complexity index is 833. The van der Waals surface area contributed by atoms with Crippen molar-refractivity contribution in [3.8, 4) is 0 Å². The van der Waals surface area contributed by atoms with Crippen LogP contribution in [0.3, 0.4) is 0 Å². The van der Waals surface area contributed by atoms with E-state index < -0.39 is 0 Å². The van der Waals surface area contributed by atoms with Gasteiger partial charge in [0.1, 0.15) is 10.3 Å². The molecule has 0 aliphatic rings. The van der Waals surface area contributed by atoms with Gasteiger partial charge in [0, 0.05) is 13.2 Å². The minimum Gasteiger partial charge on any atom is -0.329 e. The lowest BCUT2D eigenvalue weighted by Gasteiger charge is -2.28. The number of carbonyl (C=O) groups excluding carboxylic acids is 1. The molecule has 1 amide bonds. The predicted octanol–water partition coefficient (Wildman–Crippen LogP) is 4.65. The Kier molecular flexibility index (Phi) is 5.31. The number of benzene rings is 1. The van der Waals surface area contributed by atoms with Gasteiger partial charge in [-0.05, 0) is 29.8 Å². The molecule has 0 saturated carbocycles. The summed E-state index contributed by atoms with van der Waals surface area (Å²) < 4.78 is 0. The Morgan fingerprint density at radius 3 is 2.36 bits per heavy atom. The zero-order valence-electron chi connectivity index (χ0n) is 13.4. The fourth-order valence-electron chi connectivity index (χ4n) is 2.64. The van der Waals surface area contributed by atoms with Crippen LogP contribution in [0.5, 0.6) is 0 Å². The molecular weight excluding hydrogens is 357 g/mol. The molecule has 4 nitrogen and oxygen atoms in total. The van der Waals surface area contributed by atoms with Crippen molar-refractivity contribution in [2.45, 2.75) is 6.04 Å². The van der Waals surface area contributed by atoms with E-state index >= 15 is 0 Å². The highest BCUT2D eigenvalue weighted by molar-refractivity contribution is 6.34. The number of aromatic nitrogens is 2. The van der Waals surface area contributed by atoms with Crippen LogP contribution in [0.25, 0.3) is 0 Å². The van der Waals surface area contributed by atoms with Crippen molar-refractivity contribution in [2.75, 3.05) is 7.05 Å². The third-order valence-corrected chi connectivity index (χ3v) is 4.33. The lowest BCUT2D eigenvalue weighted by Crippen LogP contribution is -2.32. The van der Waals surface area contributed by atoms with Gasteiger partial charge in [-0.3, -0.25) is 9.78 Å². The summed E-state index contributed by atoms with van der Waals surface area (Å²) in [5, 5.41) is 0.325.